The fraction of sp³-hybridized carbons (Fsp3) is 0.294. The molecule has 1 saturated heterocycles. The summed E-state index contributed by atoms with van der Waals surface area (Å²) in [6.07, 6.45) is -0.592. The molecule has 2 aromatic rings. The van der Waals surface area contributed by atoms with Gasteiger partial charge in [-0.25, -0.2) is 0 Å². The van der Waals surface area contributed by atoms with Gasteiger partial charge in [0.05, 0.1) is 13.2 Å². The topological polar surface area (TPSA) is 38.7 Å². The predicted octanol–water partition coefficient (Wildman–Crippen LogP) is 2.88. The summed E-state index contributed by atoms with van der Waals surface area (Å²) in [5.74, 6) is 0. The van der Waals surface area contributed by atoms with Crippen molar-refractivity contribution in [3.8, 4) is 0 Å². The van der Waals surface area contributed by atoms with Crippen LogP contribution in [0.5, 0.6) is 0 Å². The van der Waals surface area contributed by atoms with Crippen LogP contribution >= 0.6 is 0 Å². The lowest BCUT2D eigenvalue weighted by molar-refractivity contribution is -0.195. The van der Waals surface area contributed by atoms with E-state index >= 15 is 0 Å². The summed E-state index contributed by atoms with van der Waals surface area (Å²) in [5.41, 5.74) is 2.16. The zero-order valence-electron chi connectivity index (χ0n) is 11.2. The van der Waals surface area contributed by atoms with E-state index in [1.54, 1.807) is 0 Å². The Bertz CT molecular complexity index is 526. The molecule has 0 unspecified atom stereocenters. The summed E-state index contributed by atoms with van der Waals surface area (Å²) in [6, 6.07) is 20.1. The molecule has 0 aromatic heterocycles. The van der Waals surface area contributed by atoms with E-state index in [9.17, 15) is 5.11 Å². The molecule has 1 fully saturated rings. The predicted molar refractivity (Wildman–Crippen MR) is 76.3 cm³/mol. The first kappa shape index (κ1) is 13.3. The number of rotatable bonds is 3. The molecule has 0 bridgehead atoms. The third-order valence-corrected chi connectivity index (χ3v) is 3.54. The average molecular weight is 270 g/mol. The standard InChI is InChI=1S/C17H18O3/c18-11-15-12-19-16(13-7-3-1-4-8-13)17(20-15)14-9-5-2-6-10-14/h1-10,15-18H,11-12H2/t15-,16+,17+/m0/s1. The van der Waals surface area contributed by atoms with E-state index in [0.717, 1.165) is 11.1 Å². The van der Waals surface area contributed by atoms with Gasteiger partial charge in [-0.15, -0.1) is 0 Å². The number of aliphatic hydroxyl groups excluding tert-OH is 1. The number of hydrogen-bond acceptors (Lipinski definition) is 3. The Morgan fingerprint density at radius 2 is 1.40 bits per heavy atom. The van der Waals surface area contributed by atoms with Crippen LogP contribution < -0.4 is 0 Å². The van der Waals surface area contributed by atoms with Crippen molar-refractivity contribution in [3.05, 3.63) is 71.8 Å². The lowest BCUT2D eigenvalue weighted by atomic mass is 9.97. The van der Waals surface area contributed by atoms with E-state index in [-0.39, 0.29) is 24.9 Å². The van der Waals surface area contributed by atoms with Crippen molar-refractivity contribution in [2.75, 3.05) is 13.2 Å². The fourth-order valence-corrected chi connectivity index (χ4v) is 2.52. The molecule has 0 spiro atoms. The van der Waals surface area contributed by atoms with E-state index in [1.165, 1.54) is 0 Å². The third kappa shape index (κ3) is 2.75. The van der Waals surface area contributed by atoms with Gasteiger partial charge in [0.15, 0.2) is 0 Å². The number of benzene rings is 2. The Balaban J connectivity index is 1.91. The average Bonchev–Trinajstić information content (AvgIpc) is 2.56. The van der Waals surface area contributed by atoms with Gasteiger partial charge < -0.3 is 14.6 Å². The molecule has 20 heavy (non-hydrogen) atoms. The van der Waals surface area contributed by atoms with Crippen molar-refractivity contribution in [1.82, 2.24) is 0 Å². The summed E-state index contributed by atoms with van der Waals surface area (Å²) in [7, 11) is 0. The maximum atomic E-state index is 9.31. The fourth-order valence-electron chi connectivity index (χ4n) is 2.52. The first-order chi connectivity index (χ1) is 9.88. The third-order valence-electron chi connectivity index (χ3n) is 3.54. The summed E-state index contributed by atoms with van der Waals surface area (Å²) in [4.78, 5) is 0. The quantitative estimate of drug-likeness (QED) is 0.932. The Morgan fingerprint density at radius 3 is 1.95 bits per heavy atom. The zero-order chi connectivity index (χ0) is 13.8. The molecule has 3 nitrogen and oxygen atoms in total. The van der Waals surface area contributed by atoms with Gasteiger partial charge >= 0.3 is 0 Å². The van der Waals surface area contributed by atoms with Gasteiger partial charge in [0.1, 0.15) is 18.3 Å². The van der Waals surface area contributed by atoms with Crippen LogP contribution in [0.4, 0.5) is 0 Å². The van der Waals surface area contributed by atoms with Crippen LogP contribution in [0.1, 0.15) is 23.3 Å². The summed E-state index contributed by atoms with van der Waals surface area (Å²) in [5, 5.41) is 9.31. The van der Waals surface area contributed by atoms with Crippen LogP contribution in [0.2, 0.25) is 0 Å². The molecule has 0 saturated carbocycles. The first-order valence-electron chi connectivity index (χ1n) is 6.86. The van der Waals surface area contributed by atoms with Gasteiger partial charge in [0, 0.05) is 0 Å². The van der Waals surface area contributed by atoms with Crippen molar-refractivity contribution in [2.45, 2.75) is 18.3 Å². The van der Waals surface area contributed by atoms with Crippen LogP contribution in [0, 0.1) is 0 Å². The van der Waals surface area contributed by atoms with Crippen molar-refractivity contribution in [2.24, 2.45) is 0 Å². The second kappa shape index (κ2) is 6.18. The van der Waals surface area contributed by atoms with Gasteiger partial charge in [-0.3, -0.25) is 0 Å². The largest absolute Gasteiger partial charge is 0.394 e. The summed E-state index contributed by atoms with van der Waals surface area (Å²) in [6.45, 7) is 0.393. The van der Waals surface area contributed by atoms with E-state index in [2.05, 4.69) is 0 Å². The second-order valence-corrected chi connectivity index (χ2v) is 4.94. The molecule has 1 N–H and O–H groups in total. The maximum absolute atomic E-state index is 9.31. The minimum atomic E-state index is -0.264. The van der Waals surface area contributed by atoms with Crippen LogP contribution in [0.25, 0.3) is 0 Å². The summed E-state index contributed by atoms with van der Waals surface area (Å²) < 4.78 is 12.0. The Kier molecular flexibility index (Phi) is 4.11. The van der Waals surface area contributed by atoms with Gasteiger partial charge in [-0.2, -0.15) is 0 Å². The molecular formula is C17H18O3. The maximum Gasteiger partial charge on any atom is 0.113 e. The minimum Gasteiger partial charge on any atom is -0.394 e. The zero-order valence-corrected chi connectivity index (χ0v) is 11.2. The van der Waals surface area contributed by atoms with Gasteiger partial charge in [0.25, 0.3) is 0 Å². The highest BCUT2D eigenvalue weighted by Crippen LogP contribution is 2.39. The molecule has 1 aliphatic rings. The second-order valence-electron chi connectivity index (χ2n) is 4.94. The van der Waals surface area contributed by atoms with Gasteiger partial charge in [-0.1, -0.05) is 60.7 Å². The highest BCUT2D eigenvalue weighted by molar-refractivity contribution is 5.25. The number of aliphatic hydroxyl groups is 1. The SMILES string of the molecule is OC[C@H]1CO[C@H](c2ccccc2)[C@@H](c2ccccc2)O1. The van der Waals surface area contributed by atoms with Crippen LogP contribution in [-0.4, -0.2) is 24.4 Å². The Hall–Kier alpha value is -1.68. The summed E-state index contributed by atoms with van der Waals surface area (Å²) >= 11 is 0. The Labute approximate surface area is 118 Å². The minimum absolute atomic E-state index is 0.0230. The van der Waals surface area contributed by atoms with Crippen molar-refractivity contribution < 1.29 is 14.6 Å². The smallest absolute Gasteiger partial charge is 0.113 e. The van der Waals surface area contributed by atoms with Gasteiger partial charge in [-0.05, 0) is 11.1 Å². The molecule has 3 heteroatoms. The Morgan fingerprint density at radius 1 is 0.850 bits per heavy atom. The molecule has 3 rings (SSSR count). The van der Waals surface area contributed by atoms with Crippen molar-refractivity contribution in [1.29, 1.82) is 0 Å². The van der Waals surface area contributed by atoms with E-state index in [4.69, 9.17) is 9.47 Å². The van der Waals surface area contributed by atoms with Crippen LogP contribution in [-0.2, 0) is 9.47 Å². The highest BCUT2D eigenvalue weighted by Gasteiger charge is 2.33. The first-order valence-corrected chi connectivity index (χ1v) is 6.86. The molecule has 1 aliphatic heterocycles. The molecular weight excluding hydrogens is 252 g/mol. The van der Waals surface area contributed by atoms with Crippen molar-refractivity contribution >= 4 is 0 Å². The van der Waals surface area contributed by atoms with E-state index in [0.29, 0.717) is 6.61 Å². The van der Waals surface area contributed by atoms with Crippen molar-refractivity contribution in [3.63, 3.8) is 0 Å². The van der Waals surface area contributed by atoms with E-state index < -0.39 is 0 Å². The molecule has 1 heterocycles. The molecule has 0 radical (unpaired) electrons. The van der Waals surface area contributed by atoms with Crippen LogP contribution in [0.15, 0.2) is 60.7 Å². The lowest BCUT2D eigenvalue weighted by Gasteiger charge is -2.36. The number of hydrogen-bond donors (Lipinski definition) is 1. The lowest BCUT2D eigenvalue weighted by Crippen LogP contribution is -2.36. The van der Waals surface area contributed by atoms with E-state index in [1.807, 2.05) is 60.7 Å². The van der Waals surface area contributed by atoms with Gasteiger partial charge in [0.2, 0.25) is 0 Å². The molecule has 2 aromatic carbocycles. The highest BCUT2D eigenvalue weighted by atomic mass is 16.6. The molecule has 0 aliphatic carbocycles. The molecule has 0 amide bonds. The van der Waals surface area contributed by atoms with Crippen LogP contribution in [0.3, 0.4) is 0 Å². The monoisotopic (exact) mass is 270 g/mol. The normalized spacial score (nSPS) is 26.4. The molecule has 3 atom stereocenters. The number of ether oxygens (including phenoxy) is 2. The molecule has 104 valence electrons.